The fraction of sp³-hybridized carbons (Fsp3) is 0.800. The van der Waals surface area contributed by atoms with Crippen molar-refractivity contribution < 1.29 is 9.84 Å². The van der Waals surface area contributed by atoms with Crippen molar-refractivity contribution >= 4 is 0 Å². The third-order valence-corrected chi connectivity index (χ3v) is 1.75. The molecule has 0 rings (SSSR count). The molecular weight excluding hydrogens is 166 g/mol. The maximum atomic E-state index is 8.42. The zero-order valence-corrected chi connectivity index (χ0v) is 8.51. The molecule has 0 saturated carbocycles. The summed E-state index contributed by atoms with van der Waals surface area (Å²) in [7, 11) is 0. The molecule has 0 radical (unpaired) electrons. The zero-order chi connectivity index (χ0) is 9.94. The van der Waals surface area contributed by atoms with Crippen molar-refractivity contribution in [2.75, 3.05) is 32.9 Å². The van der Waals surface area contributed by atoms with Crippen LogP contribution in [0.15, 0.2) is 12.2 Å². The normalized spacial score (nSPS) is 10.3. The predicted molar refractivity (Wildman–Crippen MR) is 54.8 cm³/mol. The van der Waals surface area contributed by atoms with Crippen LogP contribution in [0, 0.1) is 0 Å². The van der Waals surface area contributed by atoms with Crippen molar-refractivity contribution in [3.8, 4) is 0 Å². The fourth-order valence-electron chi connectivity index (χ4n) is 0.856. The van der Waals surface area contributed by atoms with Crippen LogP contribution in [0.2, 0.25) is 0 Å². The van der Waals surface area contributed by atoms with Crippen molar-refractivity contribution in [3.05, 3.63) is 12.2 Å². The van der Waals surface area contributed by atoms with Gasteiger partial charge in [0, 0.05) is 13.2 Å². The van der Waals surface area contributed by atoms with Gasteiger partial charge in [-0.25, -0.2) is 0 Å². The third kappa shape index (κ3) is 9.53. The molecule has 0 aliphatic heterocycles. The molecule has 78 valence electrons. The summed E-state index contributed by atoms with van der Waals surface area (Å²) in [6.07, 6.45) is 2.02. The van der Waals surface area contributed by atoms with E-state index in [1.54, 1.807) is 0 Å². The van der Waals surface area contributed by atoms with E-state index in [1.807, 2.05) is 0 Å². The van der Waals surface area contributed by atoms with Gasteiger partial charge in [-0.1, -0.05) is 19.1 Å². The molecule has 0 aliphatic carbocycles. The SMILES string of the molecule is C=C(CC)CNCCCOCCO. The van der Waals surface area contributed by atoms with Gasteiger partial charge in [-0.05, 0) is 19.4 Å². The molecule has 0 aliphatic rings. The van der Waals surface area contributed by atoms with Gasteiger partial charge < -0.3 is 15.2 Å². The molecule has 0 bridgehead atoms. The Morgan fingerprint density at radius 2 is 2.23 bits per heavy atom. The van der Waals surface area contributed by atoms with E-state index >= 15 is 0 Å². The van der Waals surface area contributed by atoms with Crippen LogP contribution in [0.3, 0.4) is 0 Å². The summed E-state index contributed by atoms with van der Waals surface area (Å²) >= 11 is 0. The summed E-state index contributed by atoms with van der Waals surface area (Å²) in [6.45, 7) is 9.12. The minimum absolute atomic E-state index is 0.111. The van der Waals surface area contributed by atoms with Crippen LogP contribution in [0.25, 0.3) is 0 Å². The average molecular weight is 187 g/mol. The molecule has 13 heavy (non-hydrogen) atoms. The minimum atomic E-state index is 0.111. The highest BCUT2D eigenvalue weighted by Gasteiger charge is 1.91. The van der Waals surface area contributed by atoms with E-state index in [2.05, 4.69) is 18.8 Å². The second kappa shape index (κ2) is 9.71. The van der Waals surface area contributed by atoms with Gasteiger partial charge in [0.05, 0.1) is 13.2 Å². The fourth-order valence-corrected chi connectivity index (χ4v) is 0.856. The van der Waals surface area contributed by atoms with Crippen molar-refractivity contribution in [2.24, 2.45) is 0 Å². The van der Waals surface area contributed by atoms with Gasteiger partial charge in [0.15, 0.2) is 0 Å². The van der Waals surface area contributed by atoms with Crippen molar-refractivity contribution in [1.82, 2.24) is 5.32 Å². The van der Waals surface area contributed by atoms with Crippen LogP contribution in [0.4, 0.5) is 0 Å². The van der Waals surface area contributed by atoms with Crippen LogP contribution in [-0.4, -0.2) is 38.0 Å². The summed E-state index contributed by atoms with van der Waals surface area (Å²) < 4.78 is 5.10. The molecule has 0 aromatic heterocycles. The Labute approximate surface area is 80.8 Å². The maximum Gasteiger partial charge on any atom is 0.0697 e. The highest BCUT2D eigenvalue weighted by Crippen LogP contribution is 1.92. The smallest absolute Gasteiger partial charge is 0.0697 e. The molecule has 3 heteroatoms. The van der Waals surface area contributed by atoms with E-state index in [9.17, 15) is 0 Å². The van der Waals surface area contributed by atoms with Gasteiger partial charge in [0.25, 0.3) is 0 Å². The molecule has 0 spiro atoms. The first-order valence-corrected chi connectivity index (χ1v) is 4.87. The molecule has 3 nitrogen and oxygen atoms in total. The monoisotopic (exact) mass is 187 g/mol. The first-order chi connectivity index (χ1) is 6.31. The molecule has 0 saturated heterocycles. The van der Waals surface area contributed by atoms with Gasteiger partial charge in [0.1, 0.15) is 0 Å². The van der Waals surface area contributed by atoms with Crippen molar-refractivity contribution in [2.45, 2.75) is 19.8 Å². The summed E-state index contributed by atoms with van der Waals surface area (Å²) in [4.78, 5) is 0. The lowest BCUT2D eigenvalue weighted by molar-refractivity contribution is 0.0908. The van der Waals surface area contributed by atoms with E-state index in [1.165, 1.54) is 5.57 Å². The summed E-state index contributed by atoms with van der Waals surface area (Å²) in [5.74, 6) is 0. The number of rotatable bonds is 9. The lowest BCUT2D eigenvalue weighted by atomic mass is 10.2. The molecular formula is C10H21NO2. The molecule has 0 amide bonds. The molecule has 0 atom stereocenters. The lowest BCUT2D eigenvalue weighted by Crippen LogP contribution is -2.19. The molecule has 0 fully saturated rings. The number of hydrogen-bond donors (Lipinski definition) is 2. The highest BCUT2D eigenvalue weighted by molar-refractivity contribution is 4.94. The van der Waals surface area contributed by atoms with E-state index in [4.69, 9.17) is 9.84 Å². The first kappa shape index (κ1) is 12.6. The van der Waals surface area contributed by atoms with Gasteiger partial charge in [0.2, 0.25) is 0 Å². The van der Waals surface area contributed by atoms with Gasteiger partial charge in [-0.3, -0.25) is 0 Å². The van der Waals surface area contributed by atoms with E-state index in [-0.39, 0.29) is 6.61 Å². The van der Waals surface area contributed by atoms with Crippen molar-refractivity contribution in [3.63, 3.8) is 0 Å². The highest BCUT2D eigenvalue weighted by atomic mass is 16.5. The predicted octanol–water partition coefficient (Wildman–Crippen LogP) is 0.941. The lowest BCUT2D eigenvalue weighted by Gasteiger charge is -2.05. The van der Waals surface area contributed by atoms with Crippen molar-refractivity contribution in [1.29, 1.82) is 0 Å². The van der Waals surface area contributed by atoms with Gasteiger partial charge in [-0.15, -0.1) is 0 Å². The van der Waals surface area contributed by atoms with E-state index < -0.39 is 0 Å². The first-order valence-electron chi connectivity index (χ1n) is 4.87. The Kier molecular flexibility index (Phi) is 9.42. The average Bonchev–Trinajstić information content (AvgIpc) is 2.16. The summed E-state index contributed by atoms with van der Waals surface area (Å²) in [5, 5.41) is 11.7. The Morgan fingerprint density at radius 1 is 1.46 bits per heavy atom. The largest absolute Gasteiger partial charge is 0.394 e. The number of aliphatic hydroxyl groups is 1. The molecule has 0 aromatic carbocycles. The van der Waals surface area contributed by atoms with Gasteiger partial charge in [-0.2, -0.15) is 0 Å². The number of aliphatic hydroxyl groups excluding tert-OH is 1. The third-order valence-electron chi connectivity index (χ3n) is 1.75. The molecule has 0 aromatic rings. The maximum absolute atomic E-state index is 8.42. The molecule has 0 heterocycles. The number of ether oxygens (including phenoxy) is 1. The van der Waals surface area contributed by atoms with E-state index in [0.29, 0.717) is 13.2 Å². The van der Waals surface area contributed by atoms with E-state index in [0.717, 1.165) is 25.9 Å². The van der Waals surface area contributed by atoms with Crippen LogP contribution < -0.4 is 5.32 Å². The molecule has 0 unspecified atom stereocenters. The summed E-state index contributed by atoms with van der Waals surface area (Å²) in [6, 6.07) is 0. The van der Waals surface area contributed by atoms with Crippen LogP contribution >= 0.6 is 0 Å². The molecule has 2 N–H and O–H groups in total. The van der Waals surface area contributed by atoms with Crippen LogP contribution in [-0.2, 0) is 4.74 Å². The van der Waals surface area contributed by atoms with Crippen LogP contribution in [0.5, 0.6) is 0 Å². The minimum Gasteiger partial charge on any atom is -0.394 e. The Morgan fingerprint density at radius 3 is 2.85 bits per heavy atom. The number of hydrogen-bond acceptors (Lipinski definition) is 3. The topological polar surface area (TPSA) is 41.5 Å². The summed E-state index contributed by atoms with van der Waals surface area (Å²) in [5.41, 5.74) is 1.23. The second-order valence-electron chi connectivity index (χ2n) is 2.97. The zero-order valence-electron chi connectivity index (χ0n) is 8.51. The quantitative estimate of drug-likeness (QED) is 0.417. The Balaban J connectivity index is 2.95. The van der Waals surface area contributed by atoms with Gasteiger partial charge >= 0.3 is 0 Å². The number of nitrogens with one attached hydrogen (secondary N) is 1. The second-order valence-corrected chi connectivity index (χ2v) is 2.97. The Bertz CT molecular complexity index is 126. The van der Waals surface area contributed by atoms with Crippen LogP contribution in [0.1, 0.15) is 19.8 Å². The Hall–Kier alpha value is -0.380. The standard InChI is InChI=1S/C10H21NO2/c1-3-10(2)9-11-5-4-7-13-8-6-12/h11-12H,2-9H2,1H3.